The van der Waals surface area contributed by atoms with Crippen molar-refractivity contribution in [2.45, 2.75) is 6.42 Å². The first-order valence-corrected chi connectivity index (χ1v) is 5.23. The fraction of sp³-hybridized carbons (Fsp3) is 0.333. The minimum atomic E-state index is 0.880. The molecule has 1 N–H and O–H groups in total. The van der Waals surface area contributed by atoms with Gasteiger partial charge in [-0.3, -0.25) is 9.38 Å². The van der Waals surface area contributed by atoms with Gasteiger partial charge in [0.2, 0.25) is 0 Å². The van der Waals surface area contributed by atoms with Gasteiger partial charge in [0.05, 0.1) is 11.9 Å². The molecule has 0 saturated heterocycles. The third kappa shape index (κ3) is 1.65. The molecule has 0 aromatic carbocycles. The number of nitrogens with zero attached hydrogens (tertiary/aromatic N) is 3. The Morgan fingerprint density at radius 3 is 3.14 bits per heavy atom. The summed E-state index contributed by atoms with van der Waals surface area (Å²) in [5, 5.41) is 3.10. The van der Waals surface area contributed by atoms with E-state index in [0.717, 1.165) is 28.9 Å². The Labute approximate surface area is 90.5 Å². The standard InChI is InChI=1S/C9H11BrN4/c1-11-3-2-7-9(10)14-5-4-12-6-8(14)13-7/h4-6,11H,2-3H2,1H3. The molecule has 0 aliphatic rings. The molecule has 0 amide bonds. The highest BCUT2D eigenvalue weighted by atomic mass is 79.9. The molecule has 0 aliphatic carbocycles. The summed E-state index contributed by atoms with van der Waals surface area (Å²) in [5.41, 5.74) is 1.94. The average Bonchev–Trinajstić information content (AvgIpc) is 2.54. The zero-order chi connectivity index (χ0) is 9.97. The quantitative estimate of drug-likeness (QED) is 0.897. The highest BCUT2D eigenvalue weighted by Crippen LogP contribution is 2.18. The van der Waals surface area contributed by atoms with Crippen molar-refractivity contribution in [1.82, 2.24) is 19.7 Å². The van der Waals surface area contributed by atoms with E-state index in [2.05, 4.69) is 31.2 Å². The second-order valence-corrected chi connectivity index (χ2v) is 3.76. The number of fused-ring (bicyclic) bond motifs is 1. The predicted molar refractivity (Wildman–Crippen MR) is 58.3 cm³/mol. The molecule has 14 heavy (non-hydrogen) atoms. The maximum atomic E-state index is 4.46. The van der Waals surface area contributed by atoms with Gasteiger partial charge < -0.3 is 5.32 Å². The van der Waals surface area contributed by atoms with Gasteiger partial charge in [0.1, 0.15) is 4.60 Å². The lowest BCUT2D eigenvalue weighted by molar-refractivity contribution is 0.777. The lowest BCUT2D eigenvalue weighted by Crippen LogP contribution is -2.10. The van der Waals surface area contributed by atoms with Gasteiger partial charge in [-0.2, -0.15) is 0 Å². The van der Waals surface area contributed by atoms with Crippen LogP contribution in [0.15, 0.2) is 23.2 Å². The average molecular weight is 255 g/mol. The zero-order valence-electron chi connectivity index (χ0n) is 7.87. The lowest BCUT2D eigenvalue weighted by atomic mass is 10.3. The van der Waals surface area contributed by atoms with Crippen LogP contribution in [0.2, 0.25) is 0 Å². The topological polar surface area (TPSA) is 42.2 Å². The van der Waals surface area contributed by atoms with Crippen molar-refractivity contribution in [3.63, 3.8) is 0 Å². The van der Waals surface area contributed by atoms with E-state index in [9.17, 15) is 0 Å². The van der Waals surface area contributed by atoms with E-state index in [4.69, 9.17) is 0 Å². The van der Waals surface area contributed by atoms with Crippen LogP contribution in [0, 0.1) is 0 Å². The molecule has 4 nitrogen and oxygen atoms in total. The van der Waals surface area contributed by atoms with E-state index in [1.54, 1.807) is 12.4 Å². The fourth-order valence-corrected chi connectivity index (χ4v) is 1.91. The summed E-state index contributed by atoms with van der Waals surface area (Å²) in [5.74, 6) is 0. The van der Waals surface area contributed by atoms with E-state index in [-0.39, 0.29) is 0 Å². The molecule has 5 heteroatoms. The Kier molecular flexibility index (Phi) is 2.79. The van der Waals surface area contributed by atoms with E-state index in [1.807, 2.05) is 17.6 Å². The molecule has 74 valence electrons. The monoisotopic (exact) mass is 254 g/mol. The minimum Gasteiger partial charge on any atom is -0.319 e. The second-order valence-electron chi connectivity index (χ2n) is 3.01. The smallest absolute Gasteiger partial charge is 0.156 e. The molecule has 0 fully saturated rings. The van der Waals surface area contributed by atoms with Crippen LogP contribution in [0.3, 0.4) is 0 Å². The Morgan fingerprint density at radius 2 is 2.43 bits per heavy atom. The van der Waals surface area contributed by atoms with Crippen molar-refractivity contribution in [2.75, 3.05) is 13.6 Å². The van der Waals surface area contributed by atoms with Gasteiger partial charge in [-0.1, -0.05) is 0 Å². The number of halogens is 1. The van der Waals surface area contributed by atoms with Gasteiger partial charge in [-0.05, 0) is 23.0 Å². The maximum Gasteiger partial charge on any atom is 0.156 e. The van der Waals surface area contributed by atoms with Crippen molar-refractivity contribution in [2.24, 2.45) is 0 Å². The van der Waals surface area contributed by atoms with Gasteiger partial charge in [-0.25, -0.2) is 4.98 Å². The third-order valence-corrected chi connectivity index (χ3v) is 2.89. The number of nitrogens with one attached hydrogen (secondary N) is 1. The van der Waals surface area contributed by atoms with Crippen LogP contribution in [0.4, 0.5) is 0 Å². The molecular weight excluding hydrogens is 244 g/mol. The highest BCUT2D eigenvalue weighted by Gasteiger charge is 2.07. The SMILES string of the molecule is CNCCc1nc2cnccn2c1Br. The number of hydrogen-bond donors (Lipinski definition) is 1. The highest BCUT2D eigenvalue weighted by molar-refractivity contribution is 9.10. The largest absolute Gasteiger partial charge is 0.319 e. The van der Waals surface area contributed by atoms with Crippen LogP contribution in [-0.4, -0.2) is 28.0 Å². The molecular formula is C9H11BrN4. The van der Waals surface area contributed by atoms with E-state index in [0.29, 0.717) is 0 Å². The zero-order valence-corrected chi connectivity index (χ0v) is 9.45. The Bertz CT molecular complexity index is 437. The van der Waals surface area contributed by atoms with Crippen molar-refractivity contribution >= 4 is 21.6 Å². The molecule has 0 saturated carbocycles. The summed E-state index contributed by atoms with van der Waals surface area (Å²) in [6.45, 7) is 0.926. The predicted octanol–water partition coefficient (Wildman–Crippen LogP) is 1.25. The third-order valence-electron chi connectivity index (χ3n) is 2.05. The molecule has 0 atom stereocenters. The molecule has 2 aromatic heterocycles. The maximum absolute atomic E-state index is 4.46. The number of hydrogen-bond acceptors (Lipinski definition) is 3. The first-order valence-electron chi connectivity index (χ1n) is 4.44. The minimum absolute atomic E-state index is 0.880. The molecule has 2 aromatic rings. The van der Waals surface area contributed by atoms with Crippen LogP contribution in [0.25, 0.3) is 5.65 Å². The molecule has 2 rings (SSSR count). The van der Waals surface area contributed by atoms with Crippen LogP contribution in [-0.2, 0) is 6.42 Å². The Morgan fingerprint density at radius 1 is 1.57 bits per heavy atom. The Balaban J connectivity index is 2.41. The van der Waals surface area contributed by atoms with Crippen molar-refractivity contribution < 1.29 is 0 Å². The fourth-order valence-electron chi connectivity index (χ4n) is 1.33. The molecule has 0 bridgehead atoms. The summed E-state index contributed by atoms with van der Waals surface area (Å²) in [7, 11) is 1.94. The second kappa shape index (κ2) is 4.06. The summed E-state index contributed by atoms with van der Waals surface area (Å²) >= 11 is 3.53. The van der Waals surface area contributed by atoms with Crippen LogP contribution < -0.4 is 5.32 Å². The van der Waals surface area contributed by atoms with Crippen molar-refractivity contribution in [3.8, 4) is 0 Å². The first kappa shape index (κ1) is 9.61. The summed E-state index contributed by atoms with van der Waals surface area (Å²) in [6.07, 6.45) is 6.32. The molecule has 2 heterocycles. The van der Waals surface area contributed by atoms with E-state index >= 15 is 0 Å². The number of aromatic nitrogens is 3. The Hall–Kier alpha value is -0.940. The van der Waals surface area contributed by atoms with E-state index in [1.165, 1.54) is 0 Å². The van der Waals surface area contributed by atoms with Gasteiger partial charge in [0.25, 0.3) is 0 Å². The molecule has 0 radical (unpaired) electrons. The van der Waals surface area contributed by atoms with E-state index < -0.39 is 0 Å². The molecule has 0 spiro atoms. The van der Waals surface area contributed by atoms with Gasteiger partial charge in [0, 0.05) is 25.4 Å². The summed E-state index contributed by atoms with van der Waals surface area (Å²) < 4.78 is 3.00. The van der Waals surface area contributed by atoms with Gasteiger partial charge >= 0.3 is 0 Å². The molecule has 0 aliphatic heterocycles. The van der Waals surface area contributed by atoms with Gasteiger partial charge in [0.15, 0.2) is 5.65 Å². The van der Waals surface area contributed by atoms with Crippen molar-refractivity contribution in [1.29, 1.82) is 0 Å². The first-order chi connectivity index (χ1) is 6.83. The van der Waals surface area contributed by atoms with Gasteiger partial charge in [-0.15, -0.1) is 0 Å². The number of rotatable bonds is 3. The van der Waals surface area contributed by atoms with Crippen LogP contribution in [0.5, 0.6) is 0 Å². The summed E-state index contributed by atoms with van der Waals surface area (Å²) in [4.78, 5) is 8.49. The molecule has 0 unspecified atom stereocenters. The summed E-state index contributed by atoms with van der Waals surface area (Å²) in [6, 6.07) is 0. The number of likely N-dealkylation sites (N-methyl/N-ethyl adjacent to an activating group) is 1. The normalized spacial score (nSPS) is 11.0. The lowest BCUT2D eigenvalue weighted by Gasteiger charge is -1.96. The van der Waals surface area contributed by atoms with Crippen LogP contribution >= 0.6 is 15.9 Å². The van der Waals surface area contributed by atoms with Crippen molar-refractivity contribution in [3.05, 3.63) is 28.9 Å². The number of imidazole rings is 1. The van der Waals surface area contributed by atoms with Crippen LogP contribution in [0.1, 0.15) is 5.69 Å².